The highest BCUT2D eigenvalue weighted by molar-refractivity contribution is 5.74. The second-order valence-corrected chi connectivity index (χ2v) is 6.47. The molecule has 0 aromatic carbocycles. The Bertz CT molecular complexity index is 245. The maximum absolute atomic E-state index is 11.5. The Morgan fingerprint density at radius 2 is 1.75 bits per heavy atom. The van der Waals surface area contributed by atoms with Crippen LogP contribution in [0.1, 0.15) is 66.2 Å². The molecule has 94 valence electrons. The Morgan fingerprint density at radius 1 is 1.25 bits per heavy atom. The highest BCUT2D eigenvalue weighted by atomic mass is 16.4. The van der Waals surface area contributed by atoms with Gasteiger partial charge in [-0.3, -0.25) is 4.79 Å². The molecule has 2 nitrogen and oxygen atoms in total. The molecule has 1 N–H and O–H groups in total. The van der Waals surface area contributed by atoms with Gasteiger partial charge in [-0.15, -0.1) is 0 Å². The average Bonchev–Trinajstić information content (AvgIpc) is 2.21. The van der Waals surface area contributed by atoms with Crippen molar-refractivity contribution in [2.45, 2.75) is 66.2 Å². The molecule has 2 heteroatoms. The fourth-order valence-corrected chi connectivity index (χ4v) is 2.72. The molecule has 0 amide bonds. The molecule has 1 rings (SSSR count). The van der Waals surface area contributed by atoms with E-state index in [1.54, 1.807) is 0 Å². The van der Waals surface area contributed by atoms with Crippen LogP contribution in [0.3, 0.4) is 0 Å². The molecule has 0 bridgehead atoms. The summed E-state index contributed by atoms with van der Waals surface area (Å²) < 4.78 is 0. The summed E-state index contributed by atoms with van der Waals surface area (Å²) in [7, 11) is 0. The number of carboxylic acids is 1. The maximum Gasteiger partial charge on any atom is 0.309 e. The van der Waals surface area contributed by atoms with Crippen molar-refractivity contribution in [3.63, 3.8) is 0 Å². The van der Waals surface area contributed by atoms with Gasteiger partial charge in [-0.1, -0.05) is 34.1 Å². The van der Waals surface area contributed by atoms with E-state index in [-0.39, 0.29) is 0 Å². The lowest BCUT2D eigenvalue weighted by atomic mass is 9.62. The van der Waals surface area contributed by atoms with Crippen LogP contribution in [0.5, 0.6) is 0 Å². The summed E-state index contributed by atoms with van der Waals surface area (Å²) in [5.74, 6) is -0.0411. The maximum atomic E-state index is 11.5. The van der Waals surface area contributed by atoms with Gasteiger partial charge in [-0.25, -0.2) is 0 Å². The molecule has 0 heterocycles. The number of hydrogen-bond acceptors (Lipinski definition) is 1. The van der Waals surface area contributed by atoms with Gasteiger partial charge in [0.15, 0.2) is 0 Å². The smallest absolute Gasteiger partial charge is 0.309 e. The molecule has 16 heavy (non-hydrogen) atoms. The quantitative estimate of drug-likeness (QED) is 0.783. The van der Waals surface area contributed by atoms with Crippen molar-refractivity contribution >= 4 is 5.97 Å². The van der Waals surface area contributed by atoms with Gasteiger partial charge in [0.1, 0.15) is 0 Å². The van der Waals surface area contributed by atoms with Crippen LogP contribution in [0.2, 0.25) is 0 Å². The summed E-state index contributed by atoms with van der Waals surface area (Å²) >= 11 is 0. The summed E-state index contributed by atoms with van der Waals surface area (Å²) in [6.07, 6.45) is 5.76. The predicted octanol–water partition coefficient (Wildman–Crippen LogP) is 4.09. The minimum absolute atomic E-state index is 0.342. The fourth-order valence-electron chi connectivity index (χ4n) is 2.72. The van der Waals surface area contributed by atoms with Gasteiger partial charge in [-0.2, -0.15) is 0 Å². The SMILES string of the molecule is CCC(C)CC1(C(=O)O)CCC(C)(C)CC1. The van der Waals surface area contributed by atoms with Crippen LogP contribution in [0, 0.1) is 16.7 Å². The third-order valence-electron chi connectivity index (χ3n) is 4.45. The third kappa shape index (κ3) is 2.99. The number of hydrogen-bond donors (Lipinski definition) is 1. The summed E-state index contributed by atoms with van der Waals surface area (Å²) in [6.45, 7) is 8.82. The van der Waals surface area contributed by atoms with Crippen molar-refractivity contribution < 1.29 is 9.90 Å². The van der Waals surface area contributed by atoms with Crippen molar-refractivity contribution in [2.75, 3.05) is 0 Å². The van der Waals surface area contributed by atoms with Crippen LogP contribution in [0.15, 0.2) is 0 Å². The normalized spacial score (nSPS) is 25.0. The summed E-state index contributed by atoms with van der Waals surface area (Å²) in [6, 6.07) is 0. The van der Waals surface area contributed by atoms with E-state index in [9.17, 15) is 9.90 Å². The first-order valence-corrected chi connectivity index (χ1v) is 6.55. The van der Waals surface area contributed by atoms with E-state index in [1.165, 1.54) is 0 Å². The first-order valence-electron chi connectivity index (χ1n) is 6.55. The highest BCUT2D eigenvalue weighted by Crippen LogP contribution is 2.48. The number of aliphatic carboxylic acids is 1. The van der Waals surface area contributed by atoms with Crippen molar-refractivity contribution in [3.05, 3.63) is 0 Å². The van der Waals surface area contributed by atoms with Crippen LogP contribution >= 0.6 is 0 Å². The molecule has 0 aromatic rings. The lowest BCUT2D eigenvalue weighted by Crippen LogP contribution is -2.39. The fraction of sp³-hybridized carbons (Fsp3) is 0.929. The van der Waals surface area contributed by atoms with E-state index in [2.05, 4.69) is 27.7 Å². The minimum atomic E-state index is -0.566. The van der Waals surface area contributed by atoms with Gasteiger partial charge in [0.25, 0.3) is 0 Å². The van der Waals surface area contributed by atoms with Crippen molar-refractivity contribution in [3.8, 4) is 0 Å². The Hall–Kier alpha value is -0.530. The standard InChI is InChI=1S/C14H26O2/c1-5-11(2)10-14(12(15)16)8-6-13(3,4)7-9-14/h11H,5-10H2,1-4H3,(H,15,16). The van der Waals surface area contributed by atoms with Gasteiger partial charge in [0, 0.05) is 0 Å². The molecule has 1 aliphatic rings. The summed E-state index contributed by atoms with van der Waals surface area (Å²) in [5.41, 5.74) is -0.0840. The molecule has 0 radical (unpaired) electrons. The first-order chi connectivity index (χ1) is 7.31. The topological polar surface area (TPSA) is 37.3 Å². The zero-order chi connectivity index (χ0) is 12.4. The highest BCUT2D eigenvalue weighted by Gasteiger charge is 2.44. The second kappa shape index (κ2) is 4.77. The summed E-state index contributed by atoms with van der Waals surface area (Å²) in [5, 5.41) is 9.50. The number of carbonyl (C=O) groups is 1. The van der Waals surface area contributed by atoms with Crippen molar-refractivity contribution in [1.29, 1.82) is 0 Å². The number of carboxylic acid groups (broad SMARTS) is 1. The van der Waals surface area contributed by atoms with Crippen molar-refractivity contribution in [1.82, 2.24) is 0 Å². The van der Waals surface area contributed by atoms with Gasteiger partial charge >= 0.3 is 5.97 Å². The van der Waals surface area contributed by atoms with Gasteiger partial charge in [-0.05, 0) is 43.4 Å². The van der Waals surface area contributed by atoms with E-state index in [1.807, 2.05) is 0 Å². The largest absolute Gasteiger partial charge is 0.481 e. The van der Waals surface area contributed by atoms with E-state index >= 15 is 0 Å². The monoisotopic (exact) mass is 226 g/mol. The Labute approximate surface area is 99.4 Å². The molecule has 1 saturated carbocycles. The molecule has 1 atom stereocenters. The third-order valence-corrected chi connectivity index (χ3v) is 4.45. The van der Waals surface area contributed by atoms with Gasteiger partial charge < -0.3 is 5.11 Å². The molecular weight excluding hydrogens is 200 g/mol. The Balaban J connectivity index is 2.73. The van der Waals surface area contributed by atoms with E-state index in [0.29, 0.717) is 11.3 Å². The molecule has 1 aliphatic carbocycles. The molecule has 0 aromatic heterocycles. The molecule has 0 aliphatic heterocycles. The average molecular weight is 226 g/mol. The van der Waals surface area contributed by atoms with Crippen LogP contribution in [-0.2, 0) is 4.79 Å². The van der Waals surface area contributed by atoms with Gasteiger partial charge in [0.2, 0.25) is 0 Å². The van der Waals surface area contributed by atoms with E-state index in [4.69, 9.17) is 0 Å². The van der Waals surface area contributed by atoms with Crippen LogP contribution < -0.4 is 0 Å². The Morgan fingerprint density at radius 3 is 2.12 bits per heavy atom. The van der Waals surface area contributed by atoms with Crippen molar-refractivity contribution in [2.24, 2.45) is 16.7 Å². The molecular formula is C14H26O2. The lowest BCUT2D eigenvalue weighted by molar-refractivity contribution is -0.154. The van der Waals surface area contributed by atoms with Gasteiger partial charge in [0.05, 0.1) is 5.41 Å². The molecule has 1 fully saturated rings. The minimum Gasteiger partial charge on any atom is -0.481 e. The number of rotatable bonds is 4. The molecule has 0 saturated heterocycles. The van der Waals surface area contributed by atoms with E-state index in [0.717, 1.165) is 38.5 Å². The summed E-state index contributed by atoms with van der Waals surface area (Å²) in [4.78, 5) is 11.5. The zero-order valence-corrected chi connectivity index (χ0v) is 11.2. The van der Waals surface area contributed by atoms with Crippen LogP contribution in [0.4, 0.5) is 0 Å². The Kier molecular flexibility index (Phi) is 4.03. The predicted molar refractivity (Wildman–Crippen MR) is 66.4 cm³/mol. The van der Waals surface area contributed by atoms with Crippen LogP contribution in [0.25, 0.3) is 0 Å². The van der Waals surface area contributed by atoms with E-state index < -0.39 is 11.4 Å². The second-order valence-electron chi connectivity index (χ2n) is 6.47. The molecule has 1 unspecified atom stereocenters. The first kappa shape index (κ1) is 13.5. The molecule has 0 spiro atoms. The lowest BCUT2D eigenvalue weighted by Gasteiger charge is -2.42. The van der Waals surface area contributed by atoms with Crippen LogP contribution in [-0.4, -0.2) is 11.1 Å². The zero-order valence-electron chi connectivity index (χ0n) is 11.2.